The van der Waals surface area contributed by atoms with Crippen molar-refractivity contribution in [1.29, 1.82) is 0 Å². The second-order valence-electron chi connectivity index (χ2n) is 6.34. The number of fused-ring (bicyclic) bond motifs is 1. The second-order valence-corrected chi connectivity index (χ2v) is 7.31. The van der Waals surface area contributed by atoms with Crippen LogP contribution in [-0.2, 0) is 4.79 Å². The van der Waals surface area contributed by atoms with Gasteiger partial charge in [0.05, 0.1) is 11.4 Å². The average molecular weight is 390 g/mol. The van der Waals surface area contributed by atoms with Crippen LogP contribution in [0.25, 0.3) is 16.9 Å². The van der Waals surface area contributed by atoms with E-state index in [0.29, 0.717) is 16.2 Å². The zero-order chi connectivity index (χ0) is 19.5. The number of hydrogen-bond acceptors (Lipinski definition) is 6. The first-order valence-electron chi connectivity index (χ1n) is 8.73. The van der Waals surface area contributed by atoms with Crippen LogP contribution in [0.15, 0.2) is 59.9 Å². The molecule has 4 aromatic rings. The molecule has 0 atom stereocenters. The lowest BCUT2D eigenvalue weighted by atomic mass is 10.1. The summed E-state index contributed by atoms with van der Waals surface area (Å²) in [6.07, 6.45) is 1.47. The van der Waals surface area contributed by atoms with Crippen LogP contribution in [0.3, 0.4) is 0 Å². The lowest BCUT2D eigenvalue weighted by Crippen LogP contribution is -2.15. The van der Waals surface area contributed by atoms with Crippen molar-refractivity contribution in [2.45, 2.75) is 18.9 Å². The Kier molecular flexibility index (Phi) is 5.03. The van der Waals surface area contributed by atoms with Crippen LogP contribution in [0, 0.1) is 13.8 Å². The Morgan fingerprint density at radius 3 is 2.75 bits per heavy atom. The molecule has 0 aliphatic rings. The number of aryl methyl sites for hydroxylation is 2. The zero-order valence-electron chi connectivity index (χ0n) is 15.5. The molecule has 0 aliphatic heterocycles. The van der Waals surface area contributed by atoms with Gasteiger partial charge in [-0.25, -0.2) is 9.97 Å². The summed E-state index contributed by atoms with van der Waals surface area (Å²) in [5, 5.41) is 12.0. The van der Waals surface area contributed by atoms with E-state index >= 15 is 0 Å². The number of nitrogens with one attached hydrogen (secondary N) is 1. The smallest absolute Gasteiger partial charge is 0.234 e. The number of rotatable bonds is 5. The minimum absolute atomic E-state index is 0.0964. The van der Waals surface area contributed by atoms with Gasteiger partial charge in [-0.2, -0.15) is 4.68 Å². The van der Waals surface area contributed by atoms with Crippen LogP contribution >= 0.6 is 11.8 Å². The highest BCUT2D eigenvalue weighted by molar-refractivity contribution is 8.00. The van der Waals surface area contributed by atoms with Crippen LogP contribution in [0.2, 0.25) is 0 Å². The Morgan fingerprint density at radius 1 is 1.11 bits per heavy atom. The van der Waals surface area contributed by atoms with E-state index in [4.69, 9.17) is 0 Å². The average Bonchev–Trinajstić information content (AvgIpc) is 3.14. The third kappa shape index (κ3) is 3.72. The molecule has 8 heteroatoms. The molecule has 4 rings (SSSR count). The molecular formula is C20H18N6OS. The summed E-state index contributed by atoms with van der Waals surface area (Å²) in [5.41, 5.74) is 5.01. The lowest BCUT2D eigenvalue weighted by molar-refractivity contribution is -0.113. The van der Waals surface area contributed by atoms with Crippen molar-refractivity contribution >= 4 is 34.5 Å². The fourth-order valence-electron chi connectivity index (χ4n) is 2.77. The summed E-state index contributed by atoms with van der Waals surface area (Å²) < 4.78 is 1.66. The number of aromatic nitrogens is 5. The second kappa shape index (κ2) is 7.77. The molecule has 0 aliphatic carbocycles. The number of anilines is 1. The Balaban J connectivity index is 1.52. The number of hydrogen-bond donors (Lipinski definition) is 1. The number of nitrogens with zero attached hydrogens (tertiary/aromatic N) is 5. The van der Waals surface area contributed by atoms with Gasteiger partial charge in [-0.15, -0.1) is 5.10 Å². The van der Waals surface area contributed by atoms with Crippen molar-refractivity contribution in [1.82, 2.24) is 25.0 Å². The fourth-order valence-corrected chi connectivity index (χ4v) is 3.50. The third-order valence-corrected chi connectivity index (χ3v) is 5.19. The van der Waals surface area contributed by atoms with Crippen molar-refractivity contribution in [3.63, 3.8) is 0 Å². The highest BCUT2D eigenvalue weighted by Gasteiger charge is 2.15. The van der Waals surface area contributed by atoms with Crippen molar-refractivity contribution < 1.29 is 4.79 Å². The predicted octanol–water partition coefficient (Wildman–Crippen LogP) is 3.56. The summed E-state index contributed by atoms with van der Waals surface area (Å²) >= 11 is 1.32. The highest BCUT2D eigenvalue weighted by atomic mass is 32.2. The maximum atomic E-state index is 12.4. The molecule has 2 heterocycles. The van der Waals surface area contributed by atoms with Crippen LogP contribution in [0.4, 0.5) is 5.69 Å². The molecule has 2 aromatic heterocycles. The molecule has 0 saturated heterocycles. The van der Waals surface area contributed by atoms with Crippen molar-refractivity contribution in [3.05, 3.63) is 66.0 Å². The molecule has 1 amide bonds. The van der Waals surface area contributed by atoms with Gasteiger partial charge >= 0.3 is 0 Å². The summed E-state index contributed by atoms with van der Waals surface area (Å²) in [7, 11) is 0. The van der Waals surface area contributed by atoms with E-state index in [2.05, 4.69) is 25.6 Å². The zero-order valence-corrected chi connectivity index (χ0v) is 16.3. The quantitative estimate of drug-likeness (QED) is 0.414. The van der Waals surface area contributed by atoms with Gasteiger partial charge in [-0.1, -0.05) is 47.3 Å². The maximum Gasteiger partial charge on any atom is 0.234 e. The first-order chi connectivity index (χ1) is 13.6. The SMILES string of the molecule is Cc1ccc(C)c(NC(=O)CSc2ncnc3c2nnn3-c2ccccc2)c1. The molecule has 140 valence electrons. The van der Waals surface area contributed by atoms with Gasteiger partial charge in [-0.05, 0) is 43.2 Å². The van der Waals surface area contributed by atoms with Gasteiger partial charge in [0.2, 0.25) is 5.91 Å². The molecular weight excluding hydrogens is 372 g/mol. The molecule has 0 radical (unpaired) electrons. The van der Waals surface area contributed by atoms with Gasteiger partial charge in [0.1, 0.15) is 11.4 Å². The standard InChI is InChI=1S/C20H18N6OS/c1-13-8-9-14(2)16(10-13)23-17(27)11-28-20-18-19(21-12-22-20)26(25-24-18)15-6-4-3-5-7-15/h3-10,12H,11H2,1-2H3,(H,23,27). The summed E-state index contributed by atoms with van der Waals surface area (Å²) in [4.78, 5) is 21.0. The van der Waals surface area contributed by atoms with Gasteiger partial charge in [-0.3, -0.25) is 4.79 Å². The van der Waals surface area contributed by atoms with Crippen molar-refractivity contribution in [2.75, 3.05) is 11.1 Å². The van der Waals surface area contributed by atoms with E-state index in [0.717, 1.165) is 22.5 Å². The summed E-state index contributed by atoms with van der Waals surface area (Å²) in [5.74, 6) is 0.124. The van der Waals surface area contributed by atoms with E-state index in [-0.39, 0.29) is 11.7 Å². The number of thioether (sulfide) groups is 1. The third-order valence-electron chi connectivity index (χ3n) is 4.21. The molecule has 0 bridgehead atoms. The predicted molar refractivity (Wildman–Crippen MR) is 110 cm³/mol. The molecule has 7 nitrogen and oxygen atoms in total. The van der Waals surface area contributed by atoms with Gasteiger partial charge in [0.15, 0.2) is 11.2 Å². The van der Waals surface area contributed by atoms with Crippen LogP contribution in [0.1, 0.15) is 11.1 Å². The number of para-hydroxylation sites is 1. The fraction of sp³-hybridized carbons (Fsp3) is 0.150. The van der Waals surface area contributed by atoms with Gasteiger partial charge in [0.25, 0.3) is 0 Å². The van der Waals surface area contributed by atoms with Gasteiger partial charge in [0, 0.05) is 5.69 Å². The molecule has 28 heavy (non-hydrogen) atoms. The topological polar surface area (TPSA) is 85.6 Å². The minimum Gasteiger partial charge on any atom is -0.325 e. The Hall–Kier alpha value is -3.26. The van der Waals surface area contributed by atoms with E-state index < -0.39 is 0 Å². The summed E-state index contributed by atoms with van der Waals surface area (Å²) in [6, 6.07) is 15.6. The Labute approximate surface area is 166 Å². The van der Waals surface area contributed by atoms with Crippen molar-refractivity contribution in [2.24, 2.45) is 0 Å². The van der Waals surface area contributed by atoms with Crippen LogP contribution in [-0.4, -0.2) is 36.6 Å². The molecule has 0 fully saturated rings. The highest BCUT2D eigenvalue weighted by Crippen LogP contribution is 2.24. The molecule has 2 aromatic carbocycles. The van der Waals surface area contributed by atoms with E-state index in [1.54, 1.807) is 4.68 Å². The van der Waals surface area contributed by atoms with Crippen molar-refractivity contribution in [3.8, 4) is 5.69 Å². The van der Waals surface area contributed by atoms with E-state index in [9.17, 15) is 4.79 Å². The van der Waals surface area contributed by atoms with Gasteiger partial charge < -0.3 is 5.32 Å². The first-order valence-corrected chi connectivity index (χ1v) is 9.72. The molecule has 0 saturated carbocycles. The van der Waals surface area contributed by atoms with E-state index in [1.807, 2.05) is 62.4 Å². The largest absolute Gasteiger partial charge is 0.325 e. The monoisotopic (exact) mass is 390 g/mol. The molecule has 0 spiro atoms. The summed E-state index contributed by atoms with van der Waals surface area (Å²) in [6.45, 7) is 3.97. The Morgan fingerprint density at radius 2 is 1.93 bits per heavy atom. The lowest BCUT2D eigenvalue weighted by Gasteiger charge is -2.09. The number of benzene rings is 2. The number of amides is 1. The Bertz CT molecular complexity index is 1140. The van der Waals surface area contributed by atoms with Crippen LogP contribution < -0.4 is 5.32 Å². The van der Waals surface area contributed by atoms with E-state index in [1.165, 1.54) is 18.1 Å². The minimum atomic E-state index is -0.0964. The first kappa shape index (κ1) is 18.1. The van der Waals surface area contributed by atoms with Crippen LogP contribution in [0.5, 0.6) is 0 Å². The number of carbonyl (C=O) groups excluding carboxylic acids is 1. The normalized spacial score (nSPS) is 10.9. The number of carbonyl (C=O) groups is 1. The maximum absolute atomic E-state index is 12.4. The molecule has 0 unspecified atom stereocenters. The molecule has 1 N–H and O–H groups in total.